The van der Waals surface area contributed by atoms with Crippen LogP contribution in [0.3, 0.4) is 0 Å². The van der Waals surface area contributed by atoms with Crippen LogP contribution in [0.5, 0.6) is 17.2 Å². The summed E-state index contributed by atoms with van der Waals surface area (Å²) in [5.41, 5.74) is 1.77. The van der Waals surface area contributed by atoms with Crippen LogP contribution in [-0.2, 0) is 4.79 Å². The van der Waals surface area contributed by atoms with Gasteiger partial charge in [-0.25, -0.2) is 0 Å². The molecule has 0 bridgehead atoms. The van der Waals surface area contributed by atoms with Gasteiger partial charge < -0.3 is 19.5 Å². The van der Waals surface area contributed by atoms with E-state index in [9.17, 15) is 4.79 Å². The van der Waals surface area contributed by atoms with Crippen LogP contribution >= 0.6 is 0 Å². The van der Waals surface area contributed by atoms with Crippen molar-refractivity contribution in [1.82, 2.24) is 0 Å². The van der Waals surface area contributed by atoms with Gasteiger partial charge in [0, 0.05) is 6.07 Å². The third kappa shape index (κ3) is 4.89. The Labute approximate surface area is 148 Å². The van der Waals surface area contributed by atoms with Crippen molar-refractivity contribution in [1.29, 1.82) is 0 Å². The molecule has 0 saturated heterocycles. The molecule has 25 heavy (non-hydrogen) atoms. The molecular formula is C20H25NO4. The van der Waals surface area contributed by atoms with Gasteiger partial charge in [0.1, 0.15) is 17.2 Å². The van der Waals surface area contributed by atoms with E-state index in [4.69, 9.17) is 14.2 Å². The maximum absolute atomic E-state index is 12.4. The summed E-state index contributed by atoms with van der Waals surface area (Å²) in [4.78, 5) is 12.4. The van der Waals surface area contributed by atoms with Crippen molar-refractivity contribution in [2.45, 2.75) is 32.8 Å². The van der Waals surface area contributed by atoms with E-state index >= 15 is 0 Å². The lowest BCUT2D eigenvalue weighted by atomic mass is 10.0. The second-order valence-electron chi connectivity index (χ2n) is 6.04. The number of ether oxygens (including phenoxy) is 3. The molecule has 2 aromatic carbocycles. The number of anilines is 1. The van der Waals surface area contributed by atoms with Gasteiger partial charge in [0.2, 0.25) is 0 Å². The molecule has 0 aliphatic rings. The highest BCUT2D eigenvalue weighted by Crippen LogP contribution is 2.29. The molecule has 2 rings (SSSR count). The summed E-state index contributed by atoms with van der Waals surface area (Å²) in [6, 6.07) is 13.0. The summed E-state index contributed by atoms with van der Waals surface area (Å²) in [5.74, 6) is 2.04. The van der Waals surface area contributed by atoms with Crippen LogP contribution in [0.4, 0.5) is 5.69 Å². The number of carbonyl (C=O) groups is 1. The quantitative estimate of drug-likeness (QED) is 0.817. The van der Waals surface area contributed by atoms with E-state index in [-0.39, 0.29) is 5.91 Å². The smallest absolute Gasteiger partial charge is 0.265 e. The Morgan fingerprint density at radius 3 is 2.12 bits per heavy atom. The van der Waals surface area contributed by atoms with Gasteiger partial charge in [-0.3, -0.25) is 4.79 Å². The van der Waals surface area contributed by atoms with Gasteiger partial charge in [-0.2, -0.15) is 0 Å². The Morgan fingerprint density at radius 2 is 1.56 bits per heavy atom. The average Bonchev–Trinajstić information content (AvgIpc) is 2.61. The molecule has 0 radical (unpaired) electrons. The first kappa shape index (κ1) is 18.6. The van der Waals surface area contributed by atoms with E-state index < -0.39 is 6.10 Å². The first-order chi connectivity index (χ1) is 11.9. The van der Waals surface area contributed by atoms with Crippen molar-refractivity contribution >= 4 is 11.6 Å². The van der Waals surface area contributed by atoms with Crippen LogP contribution in [0.15, 0.2) is 42.5 Å². The zero-order valence-electron chi connectivity index (χ0n) is 15.3. The number of methoxy groups -OCH3 is 2. The zero-order valence-corrected chi connectivity index (χ0v) is 15.3. The van der Waals surface area contributed by atoms with Gasteiger partial charge in [-0.05, 0) is 42.7 Å². The molecule has 0 unspecified atom stereocenters. The van der Waals surface area contributed by atoms with Crippen LogP contribution in [0.1, 0.15) is 32.3 Å². The minimum atomic E-state index is -0.652. The Bertz CT molecular complexity index is 710. The number of carbonyl (C=O) groups excluding carboxylic acids is 1. The number of rotatable bonds is 7. The molecule has 134 valence electrons. The maximum Gasteiger partial charge on any atom is 0.265 e. The lowest BCUT2D eigenvalue weighted by Crippen LogP contribution is -2.30. The molecule has 0 saturated carbocycles. The third-order valence-corrected chi connectivity index (χ3v) is 3.89. The summed E-state index contributed by atoms with van der Waals surface area (Å²) in [5, 5.41) is 2.82. The van der Waals surface area contributed by atoms with E-state index in [2.05, 4.69) is 19.2 Å². The molecule has 0 heterocycles. The van der Waals surface area contributed by atoms with Gasteiger partial charge >= 0.3 is 0 Å². The number of hydrogen-bond acceptors (Lipinski definition) is 4. The van der Waals surface area contributed by atoms with Gasteiger partial charge in [-0.1, -0.05) is 26.0 Å². The minimum absolute atomic E-state index is 0.264. The SMILES string of the molecule is COc1ccc(OC)c(NC(=O)[C@H](C)Oc2ccc(C(C)C)cc2)c1. The third-order valence-electron chi connectivity index (χ3n) is 3.89. The van der Waals surface area contributed by atoms with Gasteiger partial charge in [0.05, 0.1) is 19.9 Å². The molecule has 0 aromatic heterocycles. The second kappa shape index (κ2) is 8.42. The monoisotopic (exact) mass is 343 g/mol. The van der Waals surface area contributed by atoms with Crippen LogP contribution in [0, 0.1) is 0 Å². The number of nitrogens with one attached hydrogen (secondary N) is 1. The minimum Gasteiger partial charge on any atom is -0.497 e. The number of hydrogen-bond donors (Lipinski definition) is 1. The fourth-order valence-corrected chi connectivity index (χ4v) is 2.34. The van der Waals surface area contributed by atoms with E-state index in [1.54, 1.807) is 39.3 Å². The molecule has 1 atom stereocenters. The largest absolute Gasteiger partial charge is 0.497 e. The average molecular weight is 343 g/mol. The van der Waals surface area contributed by atoms with E-state index in [1.807, 2.05) is 24.3 Å². The van der Waals surface area contributed by atoms with Crippen molar-refractivity contribution in [3.63, 3.8) is 0 Å². The molecule has 0 aliphatic carbocycles. The molecular weight excluding hydrogens is 318 g/mol. The molecule has 2 aromatic rings. The fourth-order valence-electron chi connectivity index (χ4n) is 2.34. The van der Waals surface area contributed by atoms with Crippen LogP contribution < -0.4 is 19.5 Å². The summed E-state index contributed by atoms with van der Waals surface area (Å²) in [6.45, 7) is 5.97. The zero-order chi connectivity index (χ0) is 18.4. The highest BCUT2D eigenvalue weighted by Gasteiger charge is 2.17. The Hall–Kier alpha value is -2.69. The topological polar surface area (TPSA) is 56.8 Å². The highest BCUT2D eigenvalue weighted by molar-refractivity contribution is 5.95. The van der Waals surface area contributed by atoms with Gasteiger partial charge in [0.15, 0.2) is 6.10 Å². The molecule has 5 nitrogen and oxygen atoms in total. The molecule has 0 aliphatic heterocycles. The lowest BCUT2D eigenvalue weighted by molar-refractivity contribution is -0.122. The van der Waals surface area contributed by atoms with Crippen LogP contribution in [0.25, 0.3) is 0 Å². The first-order valence-corrected chi connectivity index (χ1v) is 8.24. The second-order valence-corrected chi connectivity index (χ2v) is 6.04. The molecule has 1 amide bonds. The van der Waals surface area contributed by atoms with Crippen LogP contribution in [0.2, 0.25) is 0 Å². The van der Waals surface area contributed by atoms with E-state index in [0.29, 0.717) is 28.9 Å². The Kier molecular flexibility index (Phi) is 6.28. The summed E-state index contributed by atoms with van der Waals surface area (Å²) < 4.78 is 16.2. The summed E-state index contributed by atoms with van der Waals surface area (Å²) >= 11 is 0. The fraction of sp³-hybridized carbons (Fsp3) is 0.350. The van der Waals surface area contributed by atoms with Crippen molar-refractivity contribution in [2.75, 3.05) is 19.5 Å². The molecule has 0 spiro atoms. The Balaban J connectivity index is 2.05. The molecule has 5 heteroatoms. The summed E-state index contributed by atoms with van der Waals surface area (Å²) in [6.07, 6.45) is -0.652. The van der Waals surface area contributed by atoms with Gasteiger partial charge in [-0.15, -0.1) is 0 Å². The number of benzene rings is 2. The van der Waals surface area contributed by atoms with E-state index in [1.165, 1.54) is 5.56 Å². The van der Waals surface area contributed by atoms with Crippen molar-refractivity contribution in [2.24, 2.45) is 0 Å². The standard InChI is InChI=1S/C20H25NO4/c1-13(2)15-6-8-16(9-7-15)25-14(3)20(22)21-18-12-17(23-4)10-11-19(18)24-5/h6-14H,1-5H3,(H,21,22)/t14-/m0/s1. The summed E-state index contributed by atoms with van der Waals surface area (Å²) in [7, 11) is 3.12. The predicted molar refractivity (Wildman–Crippen MR) is 98.8 cm³/mol. The Morgan fingerprint density at radius 1 is 0.920 bits per heavy atom. The molecule has 1 N–H and O–H groups in total. The maximum atomic E-state index is 12.4. The van der Waals surface area contributed by atoms with Crippen molar-refractivity contribution in [3.05, 3.63) is 48.0 Å². The van der Waals surface area contributed by atoms with Crippen molar-refractivity contribution in [3.8, 4) is 17.2 Å². The first-order valence-electron chi connectivity index (χ1n) is 8.24. The molecule has 0 fully saturated rings. The van der Waals surface area contributed by atoms with E-state index in [0.717, 1.165) is 0 Å². The lowest BCUT2D eigenvalue weighted by Gasteiger charge is -2.17. The van der Waals surface area contributed by atoms with Crippen LogP contribution in [-0.4, -0.2) is 26.2 Å². The van der Waals surface area contributed by atoms with Crippen molar-refractivity contribution < 1.29 is 19.0 Å². The van der Waals surface area contributed by atoms with Gasteiger partial charge in [0.25, 0.3) is 5.91 Å². The number of amides is 1. The highest BCUT2D eigenvalue weighted by atomic mass is 16.5. The predicted octanol–water partition coefficient (Wildman–Crippen LogP) is 4.23. The normalized spacial score (nSPS) is 11.8.